The van der Waals surface area contributed by atoms with Crippen molar-refractivity contribution in [2.45, 2.75) is 63.6 Å². The number of nitrogens with one attached hydrogen (secondary N) is 1. The molecule has 0 aromatic carbocycles. The summed E-state index contributed by atoms with van der Waals surface area (Å²) < 4.78 is 45.9. The van der Waals surface area contributed by atoms with Crippen LogP contribution >= 0.6 is 0 Å². The molecule has 1 aliphatic carbocycles. The summed E-state index contributed by atoms with van der Waals surface area (Å²) in [7, 11) is -2.73. The summed E-state index contributed by atoms with van der Waals surface area (Å²) in [6, 6.07) is 1.12. The van der Waals surface area contributed by atoms with Crippen LogP contribution in [0.2, 0.25) is 0 Å². The third-order valence-corrected chi connectivity index (χ3v) is 6.40. The quantitative estimate of drug-likeness (QED) is 0.576. The van der Waals surface area contributed by atoms with Gasteiger partial charge in [0.25, 0.3) is 0 Å². The van der Waals surface area contributed by atoms with E-state index < -0.39 is 22.2 Å². The molecule has 0 saturated heterocycles. The molecule has 9 heteroatoms. The van der Waals surface area contributed by atoms with Crippen molar-refractivity contribution in [3.8, 4) is 0 Å². The van der Waals surface area contributed by atoms with E-state index in [1.807, 2.05) is 0 Å². The average molecular weight is 404 g/mol. The summed E-state index contributed by atoms with van der Waals surface area (Å²) in [6.45, 7) is 4.40. The van der Waals surface area contributed by atoms with Crippen molar-refractivity contribution in [2.24, 2.45) is 5.92 Å². The normalized spacial score (nSPS) is 22.8. The second kappa shape index (κ2) is 8.91. The highest BCUT2D eigenvalue weighted by atomic mass is 32.2. The molecule has 2 rings (SSSR count). The SMILES string of the molecule is CN(C1CCC(CC(C)(C)NC[C@H](O)c2cncc(F)c2)CC1)S(=O)(=O)O. The third kappa shape index (κ3) is 6.76. The Kier molecular flexibility index (Phi) is 7.32. The van der Waals surface area contributed by atoms with Crippen LogP contribution < -0.4 is 5.32 Å². The number of rotatable bonds is 8. The summed E-state index contributed by atoms with van der Waals surface area (Å²) >= 11 is 0. The van der Waals surface area contributed by atoms with E-state index in [2.05, 4.69) is 24.1 Å². The molecule has 1 fully saturated rings. The maximum Gasteiger partial charge on any atom is 0.335 e. The fraction of sp³-hybridized carbons (Fsp3) is 0.722. The van der Waals surface area contributed by atoms with Crippen LogP contribution in [-0.2, 0) is 10.3 Å². The Morgan fingerprint density at radius 1 is 1.33 bits per heavy atom. The molecule has 3 N–H and O–H groups in total. The fourth-order valence-electron chi connectivity index (χ4n) is 3.80. The molecule has 0 radical (unpaired) electrons. The minimum absolute atomic E-state index is 0.158. The van der Waals surface area contributed by atoms with E-state index in [1.165, 1.54) is 19.3 Å². The summed E-state index contributed by atoms with van der Waals surface area (Å²) in [4.78, 5) is 3.75. The van der Waals surface area contributed by atoms with Gasteiger partial charge >= 0.3 is 10.3 Å². The smallest absolute Gasteiger partial charge is 0.335 e. The van der Waals surface area contributed by atoms with Crippen molar-refractivity contribution in [1.29, 1.82) is 0 Å². The van der Waals surface area contributed by atoms with E-state index in [0.717, 1.165) is 29.8 Å². The summed E-state index contributed by atoms with van der Waals surface area (Å²) in [6.07, 6.45) is 5.79. The van der Waals surface area contributed by atoms with Gasteiger partial charge in [-0.05, 0) is 57.9 Å². The number of halogens is 1. The van der Waals surface area contributed by atoms with Crippen molar-refractivity contribution in [2.75, 3.05) is 13.6 Å². The van der Waals surface area contributed by atoms with Crippen molar-refractivity contribution >= 4 is 10.3 Å². The summed E-state index contributed by atoms with van der Waals surface area (Å²) in [5.41, 5.74) is 0.209. The minimum atomic E-state index is -4.14. The Morgan fingerprint density at radius 3 is 2.52 bits per heavy atom. The third-order valence-electron chi connectivity index (χ3n) is 5.38. The number of pyridine rings is 1. The van der Waals surface area contributed by atoms with Gasteiger partial charge in [0.1, 0.15) is 5.82 Å². The first kappa shape index (κ1) is 22.2. The van der Waals surface area contributed by atoms with Gasteiger partial charge in [0.2, 0.25) is 0 Å². The first-order chi connectivity index (χ1) is 12.5. The average Bonchev–Trinajstić information content (AvgIpc) is 2.58. The highest BCUT2D eigenvalue weighted by molar-refractivity contribution is 7.83. The van der Waals surface area contributed by atoms with Gasteiger partial charge in [-0.1, -0.05) is 0 Å². The molecule has 154 valence electrons. The largest absolute Gasteiger partial charge is 0.387 e. The van der Waals surface area contributed by atoms with Crippen molar-refractivity contribution in [1.82, 2.24) is 14.6 Å². The van der Waals surface area contributed by atoms with Crippen LogP contribution in [0.15, 0.2) is 18.5 Å². The minimum Gasteiger partial charge on any atom is -0.387 e. The molecule has 27 heavy (non-hydrogen) atoms. The van der Waals surface area contributed by atoms with Crippen molar-refractivity contribution in [3.63, 3.8) is 0 Å². The number of β-amino-alcohol motifs (C(OH)–C–C–N with tert-alkyl or cyclic N) is 1. The fourth-order valence-corrected chi connectivity index (χ4v) is 4.38. The van der Waals surface area contributed by atoms with Gasteiger partial charge in [-0.3, -0.25) is 9.54 Å². The molecule has 1 aromatic heterocycles. The zero-order valence-corrected chi connectivity index (χ0v) is 16.9. The first-order valence-electron chi connectivity index (χ1n) is 9.22. The lowest BCUT2D eigenvalue weighted by molar-refractivity contribution is 0.145. The van der Waals surface area contributed by atoms with Gasteiger partial charge in [0, 0.05) is 36.9 Å². The Morgan fingerprint density at radius 2 is 1.96 bits per heavy atom. The van der Waals surface area contributed by atoms with Gasteiger partial charge in [0.05, 0.1) is 12.3 Å². The maximum absolute atomic E-state index is 13.2. The molecule has 1 aliphatic rings. The summed E-state index contributed by atoms with van der Waals surface area (Å²) in [5.74, 6) is -0.0380. The van der Waals surface area contributed by atoms with Crippen LogP contribution in [0.1, 0.15) is 57.6 Å². The van der Waals surface area contributed by atoms with Crippen LogP contribution in [0.25, 0.3) is 0 Å². The summed E-state index contributed by atoms with van der Waals surface area (Å²) in [5, 5.41) is 13.6. The van der Waals surface area contributed by atoms with Gasteiger partial charge in [-0.15, -0.1) is 0 Å². The van der Waals surface area contributed by atoms with Gasteiger partial charge in [-0.2, -0.15) is 12.7 Å². The van der Waals surface area contributed by atoms with E-state index in [4.69, 9.17) is 4.55 Å². The van der Waals surface area contributed by atoms with E-state index in [-0.39, 0.29) is 11.6 Å². The standard InChI is InChI=1S/C18H30FN3O4S/c1-18(2,21-12-17(23)14-8-15(19)11-20-10-14)9-13-4-6-16(7-5-13)22(3)27(24,25)26/h8,10-11,13,16-17,21,23H,4-7,9,12H2,1-3H3,(H,24,25,26)/t13?,16?,17-/m0/s1. The predicted octanol–water partition coefficient (Wildman–Crippen LogP) is 2.31. The molecule has 0 amide bonds. The first-order valence-corrected chi connectivity index (χ1v) is 10.6. The highest BCUT2D eigenvalue weighted by Crippen LogP contribution is 2.33. The lowest BCUT2D eigenvalue weighted by atomic mass is 9.79. The Hall–Kier alpha value is -1.13. The monoisotopic (exact) mass is 403 g/mol. The van der Waals surface area contributed by atoms with E-state index in [1.54, 1.807) is 0 Å². The molecule has 0 unspecified atom stereocenters. The van der Waals surface area contributed by atoms with E-state index in [0.29, 0.717) is 30.9 Å². The number of hydrogen-bond donors (Lipinski definition) is 3. The molecule has 1 saturated carbocycles. The van der Waals surface area contributed by atoms with Crippen LogP contribution in [0, 0.1) is 11.7 Å². The van der Waals surface area contributed by atoms with Crippen LogP contribution in [0.3, 0.4) is 0 Å². The number of hydrogen-bond acceptors (Lipinski definition) is 5. The van der Waals surface area contributed by atoms with Gasteiger partial charge in [0.15, 0.2) is 0 Å². The molecule has 0 spiro atoms. The second-order valence-electron chi connectivity index (χ2n) is 8.09. The maximum atomic E-state index is 13.2. The second-order valence-corrected chi connectivity index (χ2v) is 9.56. The lowest BCUT2D eigenvalue weighted by Gasteiger charge is -2.37. The zero-order chi connectivity index (χ0) is 20.2. The number of nitrogens with zero attached hydrogens (tertiary/aromatic N) is 2. The molecule has 0 aliphatic heterocycles. The topological polar surface area (TPSA) is 103 Å². The Labute approximate surface area is 160 Å². The van der Waals surface area contributed by atoms with Crippen molar-refractivity contribution < 1.29 is 22.5 Å². The molecule has 1 atom stereocenters. The molecule has 1 heterocycles. The molecule has 0 bridgehead atoms. The highest BCUT2D eigenvalue weighted by Gasteiger charge is 2.32. The van der Waals surface area contributed by atoms with Crippen LogP contribution in [0.5, 0.6) is 0 Å². The molecular formula is C18H30FN3O4S. The van der Waals surface area contributed by atoms with Gasteiger partial charge in [-0.25, -0.2) is 4.39 Å². The number of aliphatic hydroxyl groups is 1. The Balaban J connectivity index is 1.81. The molecule has 1 aromatic rings. The number of aliphatic hydroxyl groups excluding tert-OH is 1. The van der Waals surface area contributed by atoms with Gasteiger partial charge < -0.3 is 10.4 Å². The van der Waals surface area contributed by atoms with Crippen LogP contribution in [0.4, 0.5) is 4.39 Å². The lowest BCUT2D eigenvalue weighted by Crippen LogP contribution is -2.44. The Bertz CT molecular complexity index is 721. The number of aromatic nitrogens is 1. The predicted molar refractivity (Wildman–Crippen MR) is 101 cm³/mol. The van der Waals surface area contributed by atoms with E-state index in [9.17, 15) is 17.9 Å². The molecular weight excluding hydrogens is 373 g/mol. The zero-order valence-electron chi connectivity index (χ0n) is 16.1. The van der Waals surface area contributed by atoms with Crippen molar-refractivity contribution in [3.05, 3.63) is 29.8 Å². The molecule has 7 nitrogen and oxygen atoms in total. The van der Waals surface area contributed by atoms with Crippen LogP contribution in [-0.4, -0.2) is 52.5 Å². The van der Waals surface area contributed by atoms with E-state index >= 15 is 0 Å².